The molecule has 9 heteroatoms. The summed E-state index contributed by atoms with van der Waals surface area (Å²) >= 11 is 0. The van der Waals surface area contributed by atoms with Crippen LogP contribution >= 0.6 is 0 Å². The van der Waals surface area contributed by atoms with Crippen molar-refractivity contribution in [2.75, 3.05) is 25.2 Å². The van der Waals surface area contributed by atoms with E-state index in [1.807, 2.05) is 0 Å². The maximum absolute atomic E-state index is 12.7. The second-order valence-electron chi connectivity index (χ2n) is 5.37. The molecule has 1 atom stereocenters. The number of nitrogens with one attached hydrogen (secondary N) is 2. The summed E-state index contributed by atoms with van der Waals surface area (Å²) in [7, 11) is 0. The Morgan fingerprint density at radius 2 is 2.24 bits per heavy atom. The van der Waals surface area contributed by atoms with Crippen LogP contribution in [-0.4, -0.2) is 37.7 Å². The molecule has 0 aliphatic carbocycles. The van der Waals surface area contributed by atoms with Gasteiger partial charge >= 0.3 is 12.1 Å². The Hall–Kier alpha value is -2.29. The first kappa shape index (κ1) is 19.0. The van der Waals surface area contributed by atoms with Gasteiger partial charge in [0, 0.05) is 6.61 Å². The number of carbonyl (C=O) groups excluding carboxylic acids is 1. The number of alkyl halides is 3. The van der Waals surface area contributed by atoms with E-state index in [2.05, 4.69) is 15.8 Å². The molecular weight excluding hydrogens is 339 g/mol. The molecule has 0 aromatic heterocycles. The number of nitrogens with zero attached hydrogens (tertiary/aromatic N) is 1. The minimum atomic E-state index is -4.45. The van der Waals surface area contributed by atoms with Crippen LogP contribution in [0.2, 0.25) is 0 Å². The van der Waals surface area contributed by atoms with E-state index in [-0.39, 0.29) is 30.8 Å². The fourth-order valence-electron chi connectivity index (χ4n) is 2.24. The van der Waals surface area contributed by atoms with Gasteiger partial charge in [-0.1, -0.05) is 6.07 Å². The molecule has 1 heterocycles. The average Bonchev–Trinajstić information content (AvgIpc) is 3.08. The van der Waals surface area contributed by atoms with E-state index < -0.39 is 17.7 Å². The summed E-state index contributed by atoms with van der Waals surface area (Å²) in [5, 5.41) is 0. The number of ether oxygens (including phenoxy) is 2. The Morgan fingerprint density at radius 3 is 2.88 bits per heavy atom. The first-order valence-corrected chi connectivity index (χ1v) is 7.92. The molecule has 25 heavy (non-hydrogen) atoms. The Bertz CT molecular complexity index is 614. The van der Waals surface area contributed by atoms with E-state index in [9.17, 15) is 18.0 Å². The summed E-state index contributed by atoms with van der Waals surface area (Å²) in [5.41, 5.74) is 4.42. The lowest BCUT2D eigenvalue weighted by molar-refractivity contribution is -0.137. The molecule has 2 rings (SSSR count). The predicted octanol–water partition coefficient (Wildman–Crippen LogP) is 2.76. The van der Waals surface area contributed by atoms with Crippen molar-refractivity contribution >= 4 is 17.5 Å². The van der Waals surface area contributed by atoms with E-state index in [1.165, 1.54) is 12.1 Å². The van der Waals surface area contributed by atoms with Gasteiger partial charge in [0.05, 0.1) is 30.5 Å². The maximum atomic E-state index is 12.7. The van der Waals surface area contributed by atoms with Gasteiger partial charge in [-0.25, -0.2) is 4.79 Å². The molecule has 0 radical (unpaired) electrons. The Labute approximate surface area is 143 Å². The lowest BCUT2D eigenvalue weighted by Crippen LogP contribution is -2.37. The first-order chi connectivity index (χ1) is 11.9. The SMILES string of the molecule is CCOC(=O)C(=NC[C@H]1CCCO1)NNc1cccc(C(F)(F)F)c1. The third kappa shape index (κ3) is 5.93. The molecule has 138 valence electrons. The largest absolute Gasteiger partial charge is 0.460 e. The Morgan fingerprint density at radius 1 is 1.44 bits per heavy atom. The number of rotatable bonds is 5. The smallest absolute Gasteiger partial charge is 0.416 e. The highest BCUT2D eigenvalue weighted by Gasteiger charge is 2.30. The van der Waals surface area contributed by atoms with Crippen LogP contribution in [0.15, 0.2) is 29.3 Å². The third-order valence-corrected chi connectivity index (χ3v) is 3.46. The van der Waals surface area contributed by atoms with Crippen LogP contribution in [-0.2, 0) is 20.4 Å². The van der Waals surface area contributed by atoms with Gasteiger partial charge in [0.25, 0.3) is 0 Å². The van der Waals surface area contributed by atoms with Gasteiger partial charge in [-0.2, -0.15) is 13.2 Å². The fourth-order valence-corrected chi connectivity index (χ4v) is 2.24. The van der Waals surface area contributed by atoms with Crippen LogP contribution in [0.1, 0.15) is 25.3 Å². The molecule has 0 spiro atoms. The fraction of sp³-hybridized carbons (Fsp3) is 0.500. The van der Waals surface area contributed by atoms with Crippen LogP contribution in [0.4, 0.5) is 18.9 Å². The van der Waals surface area contributed by atoms with E-state index in [0.29, 0.717) is 6.61 Å². The summed E-state index contributed by atoms with van der Waals surface area (Å²) < 4.78 is 48.5. The minimum absolute atomic E-state index is 0.0696. The van der Waals surface area contributed by atoms with E-state index in [0.717, 1.165) is 25.0 Å². The number of anilines is 1. The molecule has 0 bridgehead atoms. The van der Waals surface area contributed by atoms with E-state index in [4.69, 9.17) is 9.47 Å². The first-order valence-electron chi connectivity index (χ1n) is 7.92. The second-order valence-corrected chi connectivity index (χ2v) is 5.37. The zero-order chi connectivity index (χ0) is 18.3. The summed E-state index contributed by atoms with van der Waals surface area (Å²) in [5.74, 6) is -0.810. The average molecular weight is 359 g/mol. The van der Waals surface area contributed by atoms with E-state index >= 15 is 0 Å². The van der Waals surface area contributed by atoms with Gasteiger partial charge in [-0.15, -0.1) is 0 Å². The molecule has 1 aromatic carbocycles. The van der Waals surface area contributed by atoms with Crippen LogP contribution in [0.25, 0.3) is 0 Å². The normalized spacial score (nSPS) is 18.1. The molecule has 1 aliphatic heterocycles. The lowest BCUT2D eigenvalue weighted by atomic mass is 10.2. The topological polar surface area (TPSA) is 72.0 Å². The summed E-state index contributed by atoms with van der Waals surface area (Å²) in [6.07, 6.45) is -2.74. The highest BCUT2D eigenvalue weighted by molar-refractivity contribution is 6.35. The van der Waals surface area contributed by atoms with Crippen LogP contribution in [0, 0.1) is 0 Å². The van der Waals surface area contributed by atoms with Crippen LogP contribution in [0.3, 0.4) is 0 Å². The van der Waals surface area contributed by atoms with Crippen molar-refractivity contribution in [1.82, 2.24) is 5.43 Å². The molecule has 1 saturated heterocycles. The van der Waals surface area contributed by atoms with Crippen molar-refractivity contribution in [3.63, 3.8) is 0 Å². The second kappa shape index (κ2) is 8.70. The molecule has 2 N–H and O–H groups in total. The van der Waals surface area contributed by atoms with Crippen molar-refractivity contribution in [2.24, 2.45) is 4.99 Å². The number of hydrogen-bond acceptors (Lipinski definition) is 5. The van der Waals surface area contributed by atoms with Crippen molar-refractivity contribution in [2.45, 2.75) is 32.0 Å². The predicted molar refractivity (Wildman–Crippen MR) is 86.1 cm³/mol. The summed E-state index contributed by atoms with van der Waals surface area (Å²) in [6.45, 7) is 2.73. The zero-order valence-corrected chi connectivity index (χ0v) is 13.7. The highest BCUT2D eigenvalue weighted by atomic mass is 19.4. The number of esters is 1. The van der Waals surface area contributed by atoms with Crippen molar-refractivity contribution in [3.05, 3.63) is 29.8 Å². The molecule has 0 amide bonds. The molecule has 1 aromatic rings. The number of hydrogen-bond donors (Lipinski definition) is 2. The number of hydrazine groups is 1. The lowest BCUT2D eigenvalue weighted by Gasteiger charge is -2.14. The molecular formula is C16H20F3N3O3. The number of amidine groups is 1. The summed E-state index contributed by atoms with van der Waals surface area (Å²) in [6, 6.07) is 4.59. The number of benzene rings is 1. The Balaban J connectivity index is 2.03. The molecule has 1 fully saturated rings. The van der Waals surface area contributed by atoms with Gasteiger partial charge in [-0.3, -0.25) is 15.8 Å². The van der Waals surface area contributed by atoms with E-state index in [1.54, 1.807) is 6.92 Å². The minimum Gasteiger partial charge on any atom is -0.460 e. The quantitative estimate of drug-likeness (QED) is 0.366. The highest BCUT2D eigenvalue weighted by Crippen LogP contribution is 2.30. The molecule has 6 nitrogen and oxygen atoms in total. The third-order valence-electron chi connectivity index (χ3n) is 3.46. The molecule has 0 saturated carbocycles. The molecule has 0 unspecified atom stereocenters. The van der Waals surface area contributed by atoms with Gasteiger partial charge in [-0.05, 0) is 38.0 Å². The standard InChI is InChI=1S/C16H20F3N3O3/c1-2-24-15(23)14(20-10-13-7-4-8-25-13)22-21-12-6-3-5-11(9-12)16(17,18)19/h3,5-6,9,13,21H,2,4,7-8,10H2,1H3,(H,20,22)/t13-/m1/s1. The number of aliphatic imine (C=N–C) groups is 1. The van der Waals surface area contributed by atoms with Crippen LogP contribution in [0.5, 0.6) is 0 Å². The van der Waals surface area contributed by atoms with Gasteiger partial charge in [0.1, 0.15) is 0 Å². The maximum Gasteiger partial charge on any atom is 0.416 e. The number of halogens is 3. The zero-order valence-electron chi connectivity index (χ0n) is 13.7. The van der Waals surface area contributed by atoms with Gasteiger partial charge in [0.2, 0.25) is 5.84 Å². The number of carbonyl (C=O) groups is 1. The molecule has 1 aliphatic rings. The van der Waals surface area contributed by atoms with Crippen molar-refractivity contribution < 1.29 is 27.4 Å². The van der Waals surface area contributed by atoms with Crippen molar-refractivity contribution in [3.8, 4) is 0 Å². The van der Waals surface area contributed by atoms with Crippen molar-refractivity contribution in [1.29, 1.82) is 0 Å². The van der Waals surface area contributed by atoms with Crippen LogP contribution < -0.4 is 10.9 Å². The monoisotopic (exact) mass is 359 g/mol. The van der Waals surface area contributed by atoms with Gasteiger partial charge in [0.15, 0.2) is 0 Å². The summed E-state index contributed by atoms with van der Waals surface area (Å²) in [4.78, 5) is 16.1. The van der Waals surface area contributed by atoms with Gasteiger partial charge < -0.3 is 9.47 Å². The Kier molecular flexibility index (Phi) is 6.63.